The number of hydrogen-bond donors (Lipinski definition) is 0. The van der Waals surface area contributed by atoms with Gasteiger partial charge in [0.2, 0.25) is 0 Å². The molecule has 0 saturated heterocycles. The van der Waals surface area contributed by atoms with Crippen LogP contribution < -0.4 is 0 Å². The molecule has 0 bridgehead atoms. The fourth-order valence-electron chi connectivity index (χ4n) is 2.58. The third-order valence-corrected chi connectivity index (χ3v) is 15.1. The summed E-state index contributed by atoms with van der Waals surface area (Å²) < 4.78 is 30.8. The van der Waals surface area contributed by atoms with E-state index >= 15 is 0 Å². The van der Waals surface area contributed by atoms with Gasteiger partial charge in [0.15, 0.2) is 0 Å². The number of phosphoric ester groups is 1. The van der Waals surface area contributed by atoms with Gasteiger partial charge in [-0.1, -0.05) is 0 Å². The first-order valence-corrected chi connectivity index (χ1v) is 13.4. The quantitative estimate of drug-likeness (QED) is 0.271. The first-order valence-electron chi connectivity index (χ1n) is 9.00. The molecular weight excluding hydrogens is 318 g/mol. The van der Waals surface area contributed by atoms with Gasteiger partial charge in [-0.05, 0) is 0 Å². The van der Waals surface area contributed by atoms with Crippen molar-refractivity contribution in [3.05, 3.63) is 0 Å². The molecule has 0 fully saturated rings. The first-order chi connectivity index (χ1) is 10.4. The van der Waals surface area contributed by atoms with Gasteiger partial charge in [-0.15, -0.1) is 0 Å². The van der Waals surface area contributed by atoms with Crippen molar-refractivity contribution in [2.24, 2.45) is 0 Å². The minimum atomic E-state index is -3.47. The molecule has 0 aromatic rings. The zero-order chi connectivity index (χ0) is 17.1. The SMILES string of the molecule is CCCCOP(=O)(OCCCC)OP(CC)(CC)(CC)CC. The Hall–Kier alpha value is 0.540. The molecule has 0 rings (SSSR count). The second-order valence-electron chi connectivity index (χ2n) is 6.03. The Labute approximate surface area is 138 Å². The van der Waals surface area contributed by atoms with Gasteiger partial charge >= 0.3 is 138 Å². The van der Waals surface area contributed by atoms with E-state index in [1.54, 1.807) is 0 Å². The number of phosphoric acid groups is 1. The molecule has 0 spiro atoms. The average Bonchev–Trinajstić information content (AvgIpc) is 2.54. The Morgan fingerprint density at radius 3 is 1.36 bits per heavy atom. The van der Waals surface area contributed by atoms with E-state index in [0.717, 1.165) is 50.3 Å². The standard InChI is InChI=1S/C16H38O4P2/c1-7-13-15-18-21(17,19-16-14-8-2)20-22(9-3,10-4,11-5)12-6/h7-16H2,1-6H3. The van der Waals surface area contributed by atoms with E-state index in [9.17, 15) is 4.57 Å². The van der Waals surface area contributed by atoms with Crippen LogP contribution in [0.25, 0.3) is 0 Å². The molecule has 0 aromatic heterocycles. The van der Waals surface area contributed by atoms with Crippen LogP contribution in [0.2, 0.25) is 0 Å². The summed E-state index contributed by atoms with van der Waals surface area (Å²) in [6, 6.07) is 0. The molecule has 0 aliphatic rings. The van der Waals surface area contributed by atoms with Gasteiger partial charge in [-0.2, -0.15) is 0 Å². The Balaban J connectivity index is 5.25. The topological polar surface area (TPSA) is 44.8 Å². The fourth-order valence-corrected chi connectivity index (χ4v) is 10.5. The molecule has 0 aliphatic heterocycles. The van der Waals surface area contributed by atoms with Crippen molar-refractivity contribution in [1.82, 2.24) is 0 Å². The Bertz CT molecular complexity index is 306. The van der Waals surface area contributed by atoms with Crippen molar-refractivity contribution >= 4 is 14.7 Å². The van der Waals surface area contributed by atoms with Crippen molar-refractivity contribution in [2.45, 2.75) is 67.2 Å². The van der Waals surface area contributed by atoms with Gasteiger partial charge in [-0.3, -0.25) is 0 Å². The maximum atomic E-state index is 13.2. The average molecular weight is 356 g/mol. The number of hydrogen-bond acceptors (Lipinski definition) is 4. The molecule has 136 valence electrons. The molecule has 22 heavy (non-hydrogen) atoms. The van der Waals surface area contributed by atoms with Gasteiger partial charge in [0, 0.05) is 0 Å². The van der Waals surface area contributed by atoms with Crippen molar-refractivity contribution in [2.75, 3.05) is 37.9 Å². The molecule has 0 N–H and O–H groups in total. The monoisotopic (exact) mass is 356 g/mol. The van der Waals surface area contributed by atoms with Crippen molar-refractivity contribution in [3.8, 4) is 0 Å². The van der Waals surface area contributed by atoms with Crippen LogP contribution in [0.5, 0.6) is 0 Å². The van der Waals surface area contributed by atoms with Gasteiger partial charge in [0.05, 0.1) is 0 Å². The molecule has 0 saturated carbocycles. The van der Waals surface area contributed by atoms with Crippen molar-refractivity contribution in [3.63, 3.8) is 0 Å². The molecule has 4 nitrogen and oxygen atoms in total. The summed E-state index contributed by atoms with van der Waals surface area (Å²) in [6.07, 6.45) is 7.44. The third-order valence-electron chi connectivity index (χ3n) is 5.03. The van der Waals surface area contributed by atoms with Crippen LogP contribution in [-0.2, 0) is 17.9 Å². The van der Waals surface area contributed by atoms with E-state index in [2.05, 4.69) is 41.5 Å². The Morgan fingerprint density at radius 1 is 0.727 bits per heavy atom. The predicted molar refractivity (Wildman–Crippen MR) is 99.5 cm³/mol. The molecule has 0 atom stereocenters. The van der Waals surface area contributed by atoms with E-state index in [4.69, 9.17) is 13.4 Å². The van der Waals surface area contributed by atoms with E-state index in [1.165, 1.54) is 0 Å². The van der Waals surface area contributed by atoms with E-state index in [-0.39, 0.29) is 0 Å². The van der Waals surface area contributed by atoms with Crippen LogP contribution >= 0.6 is 14.7 Å². The Morgan fingerprint density at radius 2 is 1.09 bits per heavy atom. The molecule has 6 heteroatoms. The van der Waals surface area contributed by atoms with Gasteiger partial charge < -0.3 is 0 Å². The van der Waals surface area contributed by atoms with Crippen LogP contribution in [0.4, 0.5) is 0 Å². The molecule has 0 amide bonds. The fraction of sp³-hybridized carbons (Fsp3) is 1.00. The molecular formula is C16H38O4P2. The summed E-state index contributed by atoms with van der Waals surface area (Å²) in [6.45, 7) is 11.2. The third kappa shape index (κ3) is 6.21. The van der Waals surface area contributed by atoms with Gasteiger partial charge in [-0.25, -0.2) is 0 Å². The van der Waals surface area contributed by atoms with Crippen LogP contribution in [0, 0.1) is 0 Å². The van der Waals surface area contributed by atoms with Gasteiger partial charge in [0.25, 0.3) is 0 Å². The van der Waals surface area contributed by atoms with Crippen molar-refractivity contribution < 1.29 is 17.9 Å². The molecule has 0 aliphatic carbocycles. The molecule has 0 radical (unpaired) electrons. The summed E-state index contributed by atoms with van der Waals surface area (Å²) in [5.74, 6) is 0. The van der Waals surface area contributed by atoms with Crippen LogP contribution in [0.15, 0.2) is 0 Å². The predicted octanol–water partition coefficient (Wildman–Crippen LogP) is 6.29. The van der Waals surface area contributed by atoms with Crippen LogP contribution in [0.3, 0.4) is 0 Å². The summed E-state index contributed by atoms with van der Waals surface area (Å²) in [5, 5.41) is 0. The van der Waals surface area contributed by atoms with E-state index < -0.39 is 14.7 Å². The summed E-state index contributed by atoms with van der Waals surface area (Å²) in [5.41, 5.74) is 0. The molecule has 0 unspecified atom stereocenters. The van der Waals surface area contributed by atoms with Gasteiger partial charge in [0.1, 0.15) is 0 Å². The van der Waals surface area contributed by atoms with E-state index in [1.807, 2.05) is 0 Å². The summed E-state index contributed by atoms with van der Waals surface area (Å²) >= 11 is 0. The van der Waals surface area contributed by atoms with Crippen LogP contribution in [0.1, 0.15) is 67.2 Å². The molecule has 0 heterocycles. The Kier molecular flexibility index (Phi) is 10.7. The summed E-state index contributed by atoms with van der Waals surface area (Å²) in [7, 11) is -3.47. The zero-order valence-electron chi connectivity index (χ0n) is 15.6. The summed E-state index contributed by atoms with van der Waals surface area (Å²) in [4.78, 5) is 0. The second kappa shape index (κ2) is 10.4. The first kappa shape index (κ1) is 22.5. The number of rotatable bonds is 14. The zero-order valence-corrected chi connectivity index (χ0v) is 17.4. The van der Waals surface area contributed by atoms with Crippen molar-refractivity contribution in [1.29, 1.82) is 0 Å². The molecule has 0 aromatic carbocycles. The normalized spacial score (nSPS) is 14.7. The van der Waals surface area contributed by atoms with E-state index in [0.29, 0.717) is 13.2 Å². The van der Waals surface area contributed by atoms with Crippen LogP contribution in [-0.4, -0.2) is 37.9 Å². The number of unbranched alkanes of at least 4 members (excludes halogenated alkanes) is 2. The maximum absolute atomic E-state index is 13.2. The second-order valence-corrected chi connectivity index (χ2v) is 14.3. The minimum absolute atomic E-state index is 0.438.